The highest BCUT2D eigenvalue weighted by Gasteiger charge is 2.19. The molecule has 0 fully saturated rings. The van der Waals surface area contributed by atoms with Gasteiger partial charge >= 0.3 is 16.1 Å². The van der Waals surface area contributed by atoms with E-state index in [1.165, 1.54) is 12.1 Å². The largest absolute Gasteiger partial charge is 0.342 e. The molecule has 0 heterocycles. The van der Waals surface area contributed by atoms with E-state index in [0.717, 1.165) is 19.3 Å². The minimum absolute atomic E-state index is 0.00755. The van der Waals surface area contributed by atoms with Crippen molar-refractivity contribution >= 4 is 16.1 Å². The van der Waals surface area contributed by atoms with Crippen LogP contribution in [-0.4, -0.2) is 14.4 Å². The lowest BCUT2D eigenvalue weighted by Gasteiger charge is -2.06. The first kappa shape index (κ1) is 16.7. The van der Waals surface area contributed by atoms with Crippen LogP contribution in [-0.2, 0) is 19.1 Å². The van der Waals surface area contributed by atoms with Gasteiger partial charge in [-0.25, -0.2) is 0 Å². The first-order valence-corrected chi connectivity index (χ1v) is 8.35. The Morgan fingerprint density at radius 1 is 1.10 bits per heavy atom. The van der Waals surface area contributed by atoms with Gasteiger partial charge in [-0.05, 0) is 24.5 Å². The van der Waals surface area contributed by atoms with Gasteiger partial charge < -0.3 is 4.18 Å². The third-order valence-electron chi connectivity index (χ3n) is 2.90. The summed E-state index contributed by atoms with van der Waals surface area (Å²) in [5, 5.41) is 0. The fraction of sp³-hybridized carbons (Fsp3) is 0.533. The van der Waals surface area contributed by atoms with E-state index in [4.69, 9.17) is 0 Å². The zero-order valence-corrected chi connectivity index (χ0v) is 12.9. The van der Waals surface area contributed by atoms with Crippen molar-refractivity contribution in [3.63, 3.8) is 0 Å². The summed E-state index contributed by atoms with van der Waals surface area (Å²) in [7, 11) is -3.97. The molecule has 0 aliphatic heterocycles. The molecule has 0 bridgehead atoms. The van der Waals surface area contributed by atoms with E-state index < -0.39 is 16.1 Å². The molecule has 5 heteroatoms. The first-order chi connectivity index (χ1) is 9.42. The van der Waals surface area contributed by atoms with Gasteiger partial charge in [0.1, 0.15) is 4.90 Å². The topological polar surface area (TPSA) is 60.4 Å². The highest BCUT2D eigenvalue weighted by atomic mass is 32.2. The van der Waals surface area contributed by atoms with Gasteiger partial charge in [0.2, 0.25) is 0 Å². The molecule has 0 unspecified atom stereocenters. The maximum Gasteiger partial charge on any atom is 0.341 e. The molecular weight excluding hydrogens is 276 g/mol. The van der Waals surface area contributed by atoms with Crippen LogP contribution in [0.5, 0.6) is 0 Å². The number of rotatable bonds is 8. The quantitative estimate of drug-likeness (QED) is 0.544. The van der Waals surface area contributed by atoms with Crippen molar-refractivity contribution < 1.29 is 17.4 Å². The summed E-state index contributed by atoms with van der Waals surface area (Å²) in [5.41, 5.74) is 0. The molecular formula is C15H22O4S. The lowest BCUT2D eigenvalue weighted by molar-refractivity contribution is -0.133. The predicted octanol–water partition coefficient (Wildman–Crippen LogP) is 3.53. The second-order valence-electron chi connectivity index (χ2n) is 5.22. The SMILES string of the molecule is CC(C)CCCCCC(=O)OS(=O)(=O)c1ccccc1. The van der Waals surface area contributed by atoms with Gasteiger partial charge in [-0.1, -0.05) is 51.3 Å². The Hall–Kier alpha value is -1.36. The molecule has 4 nitrogen and oxygen atoms in total. The van der Waals surface area contributed by atoms with Gasteiger partial charge in [0.05, 0.1) is 0 Å². The van der Waals surface area contributed by atoms with Crippen molar-refractivity contribution in [2.24, 2.45) is 5.92 Å². The summed E-state index contributed by atoms with van der Waals surface area (Å²) in [4.78, 5) is 11.5. The Bertz CT molecular complexity index is 506. The molecule has 0 N–H and O–H groups in total. The van der Waals surface area contributed by atoms with E-state index in [0.29, 0.717) is 12.3 Å². The molecule has 20 heavy (non-hydrogen) atoms. The Morgan fingerprint density at radius 3 is 2.35 bits per heavy atom. The van der Waals surface area contributed by atoms with E-state index in [1.807, 2.05) is 0 Å². The van der Waals surface area contributed by atoms with Crippen molar-refractivity contribution in [2.45, 2.75) is 50.8 Å². The molecule has 0 radical (unpaired) electrons. The lowest BCUT2D eigenvalue weighted by atomic mass is 10.0. The Kier molecular flexibility index (Phi) is 6.71. The van der Waals surface area contributed by atoms with Crippen molar-refractivity contribution in [1.29, 1.82) is 0 Å². The molecule has 1 aromatic rings. The molecule has 112 valence electrons. The molecule has 0 saturated carbocycles. The molecule has 0 aromatic heterocycles. The monoisotopic (exact) mass is 298 g/mol. The van der Waals surface area contributed by atoms with Crippen LogP contribution in [0.4, 0.5) is 0 Å². The van der Waals surface area contributed by atoms with Crippen LogP contribution in [0.25, 0.3) is 0 Å². The zero-order chi connectivity index (χ0) is 15.0. The van der Waals surface area contributed by atoms with Crippen LogP contribution in [0.2, 0.25) is 0 Å². The fourth-order valence-corrected chi connectivity index (χ4v) is 2.71. The van der Waals surface area contributed by atoms with Crippen LogP contribution < -0.4 is 0 Å². The van der Waals surface area contributed by atoms with E-state index in [1.54, 1.807) is 18.2 Å². The number of carbonyl (C=O) groups excluding carboxylic acids is 1. The lowest BCUT2D eigenvalue weighted by Crippen LogP contribution is -2.13. The third-order valence-corrected chi connectivity index (χ3v) is 4.15. The van der Waals surface area contributed by atoms with E-state index in [9.17, 15) is 13.2 Å². The molecule has 0 aliphatic rings. The normalized spacial score (nSPS) is 11.6. The number of hydrogen-bond acceptors (Lipinski definition) is 4. The minimum Gasteiger partial charge on any atom is -0.342 e. The molecule has 0 atom stereocenters. The summed E-state index contributed by atoms with van der Waals surface area (Å²) >= 11 is 0. The molecule has 1 aromatic carbocycles. The minimum atomic E-state index is -3.97. The van der Waals surface area contributed by atoms with Crippen molar-refractivity contribution in [1.82, 2.24) is 0 Å². The summed E-state index contributed by atoms with van der Waals surface area (Å²) in [6.07, 6.45) is 3.90. The van der Waals surface area contributed by atoms with Crippen LogP contribution in [0.15, 0.2) is 35.2 Å². The van der Waals surface area contributed by atoms with Crippen LogP contribution in [0, 0.1) is 5.92 Å². The van der Waals surface area contributed by atoms with Gasteiger partial charge in [0, 0.05) is 6.42 Å². The smallest absolute Gasteiger partial charge is 0.341 e. The van der Waals surface area contributed by atoms with Gasteiger partial charge in [-0.15, -0.1) is 0 Å². The van der Waals surface area contributed by atoms with Gasteiger partial charge in [-0.3, -0.25) is 4.79 Å². The summed E-state index contributed by atoms with van der Waals surface area (Å²) in [5.74, 6) is -0.0289. The first-order valence-electron chi connectivity index (χ1n) is 6.94. The summed E-state index contributed by atoms with van der Waals surface area (Å²) in [6.45, 7) is 4.31. The highest BCUT2D eigenvalue weighted by molar-refractivity contribution is 7.87. The number of hydrogen-bond donors (Lipinski definition) is 0. The fourth-order valence-electron chi connectivity index (χ4n) is 1.80. The number of unbranched alkanes of at least 4 members (excludes halogenated alkanes) is 2. The Labute approximate surface area is 121 Å². The highest BCUT2D eigenvalue weighted by Crippen LogP contribution is 2.14. The summed E-state index contributed by atoms with van der Waals surface area (Å²) in [6, 6.07) is 7.70. The van der Waals surface area contributed by atoms with Crippen LogP contribution >= 0.6 is 0 Å². The number of carbonyl (C=O) groups is 1. The van der Waals surface area contributed by atoms with Crippen LogP contribution in [0.1, 0.15) is 46.0 Å². The van der Waals surface area contributed by atoms with Crippen LogP contribution in [0.3, 0.4) is 0 Å². The average molecular weight is 298 g/mol. The second kappa shape index (κ2) is 8.04. The molecule has 0 saturated heterocycles. The second-order valence-corrected chi connectivity index (χ2v) is 6.76. The predicted molar refractivity (Wildman–Crippen MR) is 77.6 cm³/mol. The maximum atomic E-state index is 11.8. The maximum absolute atomic E-state index is 11.8. The third kappa shape index (κ3) is 6.19. The van der Waals surface area contributed by atoms with Crippen molar-refractivity contribution in [3.05, 3.63) is 30.3 Å². The molecule has 0 spiro atoms. The Morgan fingerprint density at radius 2 is 1.75 bits per heavy atom. The summed E-state index contributed by atoms with van der Waals surface area (Å²) < 4.78 is 28.1. The van der Waals surface area contributed by atoms with E-state index >= 15 is 0 Å². The van der Waals surface area contributed by atoms with Gasteiger partial charge in [0.25, 0.3) is 0 Å². The van der Waals surface area contributed by atoms with Crippen molar-refractivity contribution in [2.75, 3.05) is 0 Å². The average Bonchev–Trinajstić information content (AvgIpc) is 2.38. The van der Waals surface area contributed by atoms with E-state index in [2.05, 4.69) is 18.0 Å². The van der Waals surface area contributed by atoms with E-state index in [-0.39, 0.29) is 11.3 Å². The van der Waals surface area contributed by atoms with Gasteiger partial charge in [0.15, 0.2) is 0 Å². The number of benzene rings is 1. The Balaban J connectivity index is 2.35. The molecule has 1 rings (SSSR count). The standard InChI is InChI=1S/C15H22O4S/c1-13(2)9-5-3-8-12-15(16)19-20(17,18)14-10-6-4-7-11-14/h4,6-7,10-11,13H,3,5,8-9,12H2,1-2H3. The van der Waals surface area contributed by atoms with Gasteiger partial charge in [-0.2, -0.15) is 8.42 Å². The molecule has 0 amide bonds. The van der Waals surface area contributed by atoms with Crippen molar-refractivity contribution in [3.8, 4) is 0 Å². The molecule has 0 aliphatic carbocycles. The zero-order valence-electron chi connectivity index (χ0n) is 12.0.